The van der Waals surface area contributed by atoms with E-state index in [4.69, 9.17) is 4.74 Å². The SMILES string of the molecule is OC(CNCC1(O)CCOCC1)c1cccs1. The Hall–Kier alpha value is -0.460. The van der Waals surface area contributed by atoms with Crippen LogP contribution in [0.2, 0.25) is 0 Å². The Labute approximate surface area is 105 Å². The third-order valence-corrected chi connectivity index (χ3v) is 4.06. The van der Waals surface area contributed by atoms with Crippen molar-refractivity contribution < 1.29 is 14.9 Å². The number of nitrogens with one attached hydrogen (secondary N) is 1. The molecule has 0 aliphatic carbocycles. The molecule has 0 spiro atoms. The van der Waals surface area contributed by atoms with Crippen LogP contribution >= 0.6 is 11.3 Å². The highest BCUT2D eigenvalue weighted by atomic mass is 32.1. The van der Waals surface area contributed by atoms with E-state index in [1.807, 2.05) is 17.5 Å². The van der Waals surface area contributed by atoms with Crippen LogP contribution in [0.5, 0.6) is 0 Å². The molecule has 4 nitrogen and oxygen atoms in total. The number of hydrogen-bond donors (Lipinski definition) is 3. The van der Waals surface area contributed by atoms with Crippen LogP contribution in [-0.4, -0.2) is 42.1 Å². The van der Waals surface area contributed by atoms with Crippen molar-refractivity contribution in [3.05, 3.63) is 22.4 Å². The first-order valence-corrected chi connectivity index (χ1v) is 6.80. The normalized spacial score (nSPS) is 21.3. The predicted octanol–water partition coefficient (Wildman–Crippen LogP) is 0.913. The van der Waals surface area contributed by atoms with E-state index in [1.54, 1.807) is 11.3 Å². The van der Waals surface area contributed by atoms with Gasteiger partial charge in [-0.1, -0.05) is 6.07 Å². The van der Waals surface area contributed by atoms with Gasteiger partial charge < -0.3 is 20.3 Å². The maximum absolute atomic E-state index is 10.2. The molecule has 96 valence electrons. The molecule has 1 aliphatic heterocycles. The fraction of sp³-hybridized carbons (Fsp3) is 0.667. The Morgan fingerprint density at radius 1 is 1.47 bits per heavy atom. The van der Waals surface area contributed by atoms with E-state index in [1.165, 1.54) is 0 Å². The van der Waals surface area contributed by atoms with Gasteiger partial charge >= 0.3 is 0 Å². The summed E-state index contributed by atoms with van der Waals surface area (Å²) in [6, 6.07) is 3.84. The van der Waals surface area contributed by atoms with Gasteiger partial charge in [-0.05, 0) is 11.4 Å². The summed E-state index contributed by atoms with van der Waals surface area (Å²) in [5.41, 5.74) is -0.673. The number of hydrogen-bond acceptors (Lipinski definition) is 5. The topological polar surface area (TPSA) is 61.7 Å². The van der Waals surface area contributed by atoms with Crippen LogP contribution in [0, 0.1) is 0 Å². The fourth-order valence-electron chi connectivity index (χ4n) is 1.95. The molecule has 1 saturated heterocycles. The van der Waals surface area contributed by atoms with E-state index in [0.29, 0.717) is 39.1 Å². The van der Waals surface area contributed by atoms with E-state index >= 15 is 0 Å². The zero-order chi connectivity index (χ0) is 12.1. The molecule has 2 rings (SSSR count). The smallest absolute Gasteiger partial charge is 0.101 e. The molecule has 17 heavy (non-hydrogen) atoms. The van der Waals surface area contributed by atoms with Crippen molar-refractivity contribution in [1.82, 2.24) is 5.32 Å². The molecule has 0 saturated carbocycles. The summed E-state index contributed by atoms with van der Waals surface area (Å²) < 4.78 is 5.22. The van der Waals surface area contributed by atoms with Crippen molar-refractivity contribution in [3.63, 3.8) is 0 Å². The third kappa shape index (κ3) is 3.76. The Morgan fingerprint density at radius 3 is 2.88 bits per heavy atom. The second-order valence-corrected chi connectivity index (χ2v) is 5.48. The molecule has 1 aromatic heterocycles. The first-order chi connectivity index (χ1) is 8.20. The van der Waals surface area contributed by atoms with Crippen LogP contribution in [0.15, 0.2) is 17.5 Å². The van der Waals surface area contributed by atoms with Crippen molar-refractivity contribution in [2.24, 2.45) is 0 Å². The number of thiophene rings is 1. The van der Waals surface area contributed by atoms with Gasteiger partial charge in [0.05, 0.1) is 5.60 Å². The first-order valence-electron chi connectivity index (χ1n) is 5.92. The number of rotatable bonds is 5. The van der Waals surface area contributed by atoms with Crippen LogP contribution in [0.25, 0.3) is 0 Å². The zero-order valence-corrected chi connectivity index (χ0v) is 10.6. The van der Waals surface area contributed by atoms with Gasteiger partial charge in [0, 0.05) is 44.0 Å². The minimum absolute atomic E-state index is 0.476. The summed E-state index contributed by atoms with van der Waals surface area (Å²) in [6.45, 7) is 2.22. The lowest BCUT2D eigenvalue weighted by Crippen LogP contribution is -2.45. The molecule has 1 unspecified atom stereocenters. The average Bonchev–Trinajstić information content (AvgIpc) is 2.83. The lowest BCUT2D eigenvalue weighted by molar-refractivity contribution is -0.0623. The van der Waals surface area contributed by atoms with Gasteiger partial charge in [-0.2, -0.15) is 0 Å². The van der Waals surface area contributed by atoms with Gasteiger partial charge in [0.2, 0.25) is 0 Å². The van der Waals surface area contributed by atoms with E-state index in [0.717, 1.165) is 4.88 Å². The largest absolute Gasteiger partial charge is 0.388 e. The molecule has 0 bridgehead atoms. The number of ether oxygens (including phenoxy) is 1. The Morgan fingerprint density at radius 2 is 2.24 bits per heavy atom. The average molecular weight is 257 g/mol. The highest BCUT2D eigenvalue weighted by Gasteiger charge is 2.29. The van der Waals surface area contributed by atoms with Gasteiger partial charge in [-0.3, -0.25) is 0 Å². The van der Waals surface area contributed by atoms with Crippen LogP contribution < -0.4 is 5.32 Å². The highest BCUT2D eigenvalue weighted by molar-refractivity contribution is 7.10. The summed E-state index contributed by atoms with van der Waals surface area (Å²) in [4.78, 5) is 0.955. The summed E-state index contributed by atoms with van der Waals surface area (Å²) in [5, 5.41) is 25.1. The van der Waals surface area contributed by atoms with Crippen molar-refractivity contribution in [3.8, 4) is 0 Å². The predicted molar refractivity (Wildman–Crippen MR) is 67.2 cm³/mol. The van der Waals surface area contributed by atoms with Crippen LogP contribution in [-0.2, 0) is 4.74 Å². The molecule has 0 aromatic carbocycles. The van der Waals surface area contributed by atoms with E-state index in [2.05, 4.69) is 5.32 Å². The summed E-state index contributed by atoms with van der Waals surface area (Å²) >= 11 is 1.54. The Bertz CT molecular complexity index is 323. The molecule has 5 heteroatoms. The molecular weight excluding hydrogens is 238 g/mol. The Kier molecular flexibility index (Phi) is 4.53. The first kappa shape index (κ1) is 13.0. The minimum Gasteiger partial charge on any atom is -0.388 e. The maximum Gasteiger partial charge on any atom is 0.101 e. The molecule has 1 aromatic rings. The van der Waals surface area contributed by atoms with E-state index < -0.39 is 11.7 Å². The molecule has 2 heterocycles. The quantitative estimate of drug-likeness (QED) is 0.734. The number of aliphatic hydroxyl groups is 2. The van der Waals surface area contributed by atoms with Crippen molar-refractivity contribution in [2.45, 2.75) is 24.5 Å². The monoisotopic (exact) mass is 257 g/mol. The molecular formula is C12H19NO3S. The fourth-order valence-corrected chi connectivity index (χ4v) is 2.66. The third-order valence-electron chi connectivity index (χ3n) is 3.09. The lowest BCUT2D eigenvalue weighted by atomic mass is 9.94. The van der Waals surface area contributed by atoms with Crippen molar-refractivity contribution >= 4 is 11.3 Å². The molecule has 1 fully saturated rings. The standard InChI is InChI=1S/C12H19NO3S/c14-10(11-2-1-7-17-11)8-13-9-12(15)3-5-16-6-4-12/h1-2,7,10,13-15H,3-6,8-9H2. The highest BCUT2D eigenvalue weighted by Crippen LogP contribution is 2.20. The second-order valence-electron chi connectivity index (χ2n) is 4.50. The summed E-state index contributed by atoms with van der Waals surface area (Å²) in [5.74, 6) is 0. The lowest BCUT2D eigenvalue weighted by Gasteiger charge is -2.32. The number of aliphatic hydroxyl groups excluding tert-OH is 1. The van der Waals surface area contributed by atoms with Crippen molar-refractivity contribution in [2.75, 3.05) is 26.3 Å². The van der Waals surface area contributed by atoms with Crippen LogP contribution in [0.1, 0.15) is 23.8 Å². The van der Waals surface area contributed by atoms with E-state index in [9.17, 15) is 10.2 Å². The summed E-state index contributed by atoms with van der Waals surface area (Å²) in [7, 11) is 0. The van der Waals surface area contributed by atoms with Gasteiger partial charge in [-0.15, -0.1) is 11.3 Å². The Balaban J connectivity index is 1.72. The maximum atomic E-state index is 10.2. The molecule has 0 radical (unpaired) electrons. The zero-order valence-electron chi connectivity index (χ0n) is 9.76. The van der Waals surface area contributed by atoms with E-state index in [-0.39, 0.29) is 0 Å². The van der Waals surface area contributed by atoms with Gasteiger partial charge in [-0.25, -0.2) is 0 Å². The minimum atomic E-state index is -0.673. The van der Waals surface area contributed by atoms with Crippen LogP contribution in [0.4, 0.5) is 0 Å². The van der Waals surface area contributed by atoms with Gasteiger partial charge in [0.25, 0.3) is 0 Å². The van der Waals surface area contributed by atoms with Gasteiger partial charge in [0.15, 0.2) is 0 Å². The molecule has 1 aliphatic rings. The molecule has 0 amide bonds. The van der Waals surface area contributed by atoms with Gasteiger partial charge in [0.1, 0.15) is 6.10 Å². The second kappa shape index (κ2) is 5.93. The summed E-state index contributed by atoms with van der Waals surface area (Å²) in [6.07, 6.45) is 0.836. The van der Waals surface area contributed by atoms with Crippen LogP contribution in [0.3, 0.4) is 0 Å². The molecule has 3 N–H and O–H groups in total. The van der Waals surface area contributed by atoms with Crippen molar-refractivity contribution in [1.29, 1.82) is 0 Å². The molecule has 1 atom stereocenters.